The molecule has 1 N–H and O–H groups in total. The molecular weight excluding hydrogens is 376 g/mol. The Balaban J connectivity index is 1.61. The van der Waals surface area contributed by atoms with Gasteiger partial charge < -0.3 is 10.1 Å². The number of rotatable bonds is 7. The van der Waals surface area contributed by atoms with Crippen LogP contribution in [-0.4, -0.2) is 39.3 Å². The molecule has 6 nitrogen and oxygen atoms in total. The topological polar surface area (TPSA) is 75.7 Å². The molecule has 3 rings (SSSR count). The molecule has 150 valence electrons. The number of anilines is 1. The average molecular weight is 403 g/mol. The molecule has 0 saturated heterocycles. The van der Waals surface area contributed by atoms with Crippen LogP contribution in [0.1, 0.15) is 24.5 Å². The molecule has 0 fully saturated rings. The van der Waals surface area contributed by atoms with E-state index in [-0.39, 0.29) is 18.2 Å². The Morgan fingerprint density at radius 1 is 1.21 bits per heavy atom. The lowest BCUT2D eigenvalue weighted by atomic mass is 10.1. The Kier molecular flexibility index (Phi) is 6.24. The van der Waals surface area contributed by atoms with Crippen molar-refractivity contribution in [3.8, 4) is 5.75 Å². The van der Waals surface area contributed by atoms with Gasteiger partial charge in [0.2, 0.25) is 10.0 Å². The number of ether oxygens (including phenoxy) is 1. The predicted molar refractivity (Wildman–Crippen MR) is 110 cm³/mol. The highest BCUT2D eigenvalue weighted by atomic mass is 32.2. The smallest absolute Gasteiger partial charge is 0.263 e. The SMILES string of the molecule is CCS(=O)(=O)N1C[C@@H](C(=O)NCCCc2cccc(C)c2)Oc2ccccc21. The van der Waals surface area contributed by atoms with E-state index in [4.69, 9.17) is 4.74 Å². The highest BCUT2D eigenvalue weighted by Crippen LogP contribution is 2.35. The van der Waals surface area contributed by atoms with E-state index in [1.807, 2.05) is 6.07 Å². The minimum Gasteiger partial charge on any atom is -0.476 e. The summed E-state index contributed by atoms with van der Waals surface area (Å²) in [6.45, 7) is 4.14. The van der Waals surface area contributed by atoms with Crippen LogP contribution < -0.4 is 14.4 Å². The summed E-state index contributed by atoms with van der Waals surface area (Å²) < 4.78 is 32.0. The first kappa shape index (κ1) is 20.2. The van der Waals surface area contributed by atoms with Gasteiger partial charge in [-0.15, -0.1) is 0 Å². The lowest BCUT2D eigenvalue weighted by molar-refractivity contribution is -0.127. The maximum atomic E-state index is 12.6. The number of fused-ring (bicyclic) bond motifs is 1. The van der Waals surface area contributed by atoms with Gasteiger partial charge in [0.15, 0.2) is 6.10 Å². The van der Waals surface area contributed by atoms with Crippen molar-refractivity contribution >= 4 is 21.6 Å². The predicted octanol–water partition coefficient (Wildman–Crippen LogP) is 2.66. The lowest BCUT2D eigenvalue weighted by Gasteiger charge is -2.34. The summed E-state index contributed by atoms with van der Waals surface area (Å²) in [5, 5.41) is 2.87. The first-order valence-corrected chi connectivity index (χ1v) is 11.1. The van der Waals surface area contributed by atoms with Gasteiger partial charge in [-0.05, 0) is 44.4 Å². The van der Waals surface area contributed by atoms with Crippen molar-refractivity contribution in [1.29, 1.82) is 0 Å². The number of amides is 1. The lowest BCUT2D eigenvalue weighted by Crippen LogP contribution is -2.51. The second kappa shape index (κ2) is 8.65. The van der Waals surface area contributed by atoms with Gasteiger partial charge in [0, 0.05) is 6.54 Å². The maximum Gasteiger partial charge on any atom is 0.263 e. The van der Waals surface area contributed by atoms with Gasteiger partial charge >= 0.3 is 0 Å². The van der Waals surface area contributed by atoms with E-state index < -0.39 is 16.1 Å². The van der Waals surface area contributed by atoms with Gasteiger partial charge in [0.1, 0.15) is 5.75 Å². The normalized spacial score (nSPS) is 16.2. The maximum absolute atomic E-state index is 12.6. The van der Waals surface area contributed by atoms with E-state index in [1.54, 1.807) is 31.2 Å². The third kappa shape index (κ3) is 4.65. The summed E-state index contributed by atoms with van der Waals surface area (Å²) in [6, 6.07) is 15.2. The molecule has 2 aromatic rings. The molecule has 1 aliphatic rings. The van der Waals surface area contributed by atoms with Crippen molar-refractivity contribution in [3.63, 3.8) is 0 Å². The Bertz CT molecular complexity index is 943. The monoisotopic (exact) mass is 402 g/mol. The van der Waals surface area contributed by atoms with Crippen LogP contribution in [0.15, 0.2) is 48.5 Å². The van der Waals surface area contributed by atoms with Gasteiger partial charge in [0.25, 0.3) is 5.91 Å². The van der Waals surface area contributed by atoms with Crippen LogP contribution in [0.3, 0.4) is 0 Å². The second-order valence-electron chi connectivity index (χ2n) is 6.89. The Labute approximate surface area is 166 Å². The van der Waals surface area contributed by atoms with Gasteiger partial charge in [0.05, 0.1) is 18.0 Å². The van der Waals surface area contributed by atoms with Crippen LogP contribution in [-0.2, 0) is 21.2 Å². The zero-order chi connectivity index (χ0) is 20.1. The summed E-state index contributed by atoms with van der Waals surface area (Å²) in [5.74, 6) is 0.0762. The molecule has 0 spiro atoms. The second-order valence-corrected chi connectivity index (χ2v) is 9.07. The molecule has 0 bridgehead atoms. The van der Waals surface area contributed by atoms with Gasteiger partial charge in [-0.25, -0.2) is 8.42 Å². The van der Waals surface area contributed by atoms with Crippen molar-refractivity contribution < 1.29 is 17.9 Å². The molecule has 0 radical (unpaired) electrons. The molecule has 0 aromatic heterocycles. The number of benzene rings is 2. The fraction of sp³-hybridized carbons (Fsp3) is 0.381. The number of carbonyl (C=O) groups excluding carboxylic acids is 1. The van der Waals surface area contributed by atoms with Crippen molar-refractivity contribution in [2.24, 2.45) is 0 Å². The molecule has 28 heavy (non-hydrogen) atoms. The summed E-state index contributed by atoms with van der Waals surface area (Å²) in [6.07, 6.45) is 0.803. The number of hydrogen-bond acceptors (Lipinski definition) is 4. The summed E-state index contributed by atoms with van der Waals surface area (Å²) in [7, 11) is -3.49. The summed E-state index contributed by atoms with van der Waals surface area (Å²) >= 11 is 0. The zero-order valence-electron chi connectivity index (χ0n) is 16.2. The van der Waals surface area contributed by atoms with E-state index in [2.05, 4.69) is 30.4 Å². The van der Waals surface area contributed by atoms with Crippen LogP contribution >= 0.6 is 0 Å². The Morgan fingerprint density at radius 3 is 2.75 bits per heavy atom. The highest BCUT2D eigenvalue weighted by Gasteiger charge is 2.35. The van der Waals surface area contributed by atoms with Crippen LogP contribution in [0.4, 0.5) is 5.69 Å². The first-order valence-electron chi connectivity index (χ1n) is 9.50. The number of nitrogens with zero attached hydrogens (tertiary/aromatic N) is 1. The standard InChI is InChI=1S/C21H26N2O4S/c1-3-28(25,26)23-15-20(27-19-12-5-4-11-18(19)23)21(24)22-13-7-10-17-9-6-8-16(2)14-17/h4-6,8-9,11-12,14,20H,3,7,10,13,15H2,1-2H3,(H,22,24)/t20-/m0/s1. The van der Waals surface area contributed by atoms with Crippen molar-refractivity contribution in [1.82, 2.24) is 5.32 Å². The van der Waals surface area contributed by atoms with E-state index >= 15 is 0 Å². The Hall–Kier alpha value is -2.54. The van der Waals surface area contributed by atoms with Crippen LogP contribution in [0.25, 0.3) is 0 Å². The molecule has 1 aliphatic heterocycles. The first-order chi connectivity index (χ1) is 13.4. The number of para-hydroxylation sites is 2. The third-order valence-electron chi connectivity index (χ3n) is 4.75. The van der Waals surface area contributed by atoms with E-state index in [0.29, 0.717) is 18.0 Å². The number of carbonyl (C=O) groups is 1. The van der Waals surface area contributed by atoms with Crippen LogP contribution in [0.2, 0.25) is 0 Å². The van der Waals surface area contributed by atoms with Crippen molar-refractivity contribution in [2.45, 2.75) is 32.8 Å². The molecule has 1 atom stereocenters. The number of aryl methyl sites for hydroxylation is 2. The van der Waals surface area contributed by atoms with Gasteiger partial charge in [-0.1, -0.05) is 42.0 Å². The quantitative estimate of drug-likeness (QED) is 0.723. The van der Waals surface area contributed by atoms with Crippen LogP contribution in [0, 0.1) is 6.92 Å². The molecule has 0 saturated carbocycles. The van der Waals surface area contributed by atoms with Crippen LogP contribution in [0.5, 0.6) is 5.75 Å². The molecule has 7 heteroatoms. The largest absolute Gasteiger partial charge is 0.476 e. The van der Waals surface area contributed by atoms with Gasteiger partial charge in [-0.3, -0.25) is 9.10 Å². The van der Waals surface area contributed by atoms with E-state index in [9.17, 15) is 13.2 Å². The van der Waals surface area contributed by atoms with Gasteiger partial charge in [-0.2, -0.15) is 0 Å². The number of nitrogens with one attached hydrogen (secondary N) is 1. The average Bonchev–Trinajstić information content (AvgIpc) is 2.70. The molecule has 1 heterocycles. The summed E-state index contributed by atoms with van der Waals surface area (Å²) in [5.41, 5.74) is 2.93. The van der Waals surface area contributed by atoms with E-state index in [1.165, 1.54) is 15.4 Å². The highest BCUT2D eigenvalue weighted by molar-refractivity contribution is 7.92. The van der Waals surface area contributed by atoms with Crippen molar-refractivity contribution in [2.75, 3.05) is 23.1 Å². The minimum atomic E-state index is -3.49. The third-order valence-corrected chi connectivity index (χ3v) is 6.50. The molecule has 2 aromatic carbocycles. The molecule has 0 aliphatic carbocycles. The number of sulfonamides is 1. The van der Waals surface area contributed by atoms with E-state index in [0.717, 1.165) is 12.8 Å². The van der Waals surface area contributed by atoms with Crippen molar-refractivity contribution in [3.05, 3.63) is 59.7 Å². The minimum absolute atomic E-state index is 0.0170. The molecule has 0 unspecified atom stereocenters. The molecular formula is C21H26N2O4S. The molecule has 1 amide bonds. The summed E-state index contributed by atoms with van der Waals surface area (Å²) in [4.78, 5) is 12.6. The fourth-order valence-electron chi connectivity index (χ4n) is 3.24. The zero-order valence-corrected chi connectivity index (χ0v) is 17.0. The fourth-order valence-corrected chi connectivity index (χ4v) is 4.37. The number of hydrogen-bond donors (Lipinski definition) is 1. The Morgan fingerprint density at radius 2 is 2.00 bits per heavy atom.